The smallest absolute Gasteiger partial charge is 0.336 e. The molecule has 0 fully saturated rings. The second kappa shape index (κ2) is 8.58. The molecule has 134 valence electrons. The molecule has 6 heteroatoms. The molecule has 0 bridgehead atoms. The Hall–Kier alpha value is -2.73. The van der Waals surface area contributed by atoms with E-state index in [0.29, 0.717) is 29.1 Å². The van der Waals surface area contributed by atoms with Gasteiger partial charge in [0.25, 0.3) is 0 Å². The second-order valence-electron chi connectivity index (χ2n) is 5.52. The van der Waals surface area contributed by atoms with Gasteiger partial charge >= 0.3 is 11.6 Å². The Kier molecular flexibility index (Phi) is 5.96. The van der Waals surface area contributed by atoms with Crippen LogP contribution in [0.1, 0.15) is 12.0 Å². The van der Waals surface area contributed by atoms with Crippen LogP contribution in [0.2, 0.25) is 0 Å². The highest BCUT2D eigenvalue weighted by molar-refractivity contribution is 7.99. The maximum Gasteiger partial charge on any atom is 0.336 e. The van der Waals surface area contributed by atoms with Crippen molar-refractivity contribution in [2.75, 3.05) is 12.9 Å². The summed E-state index contributed by atoms with van der Waals surface area (Å²) in [5.74, 6) is 0.925. The van der Waals surface area contributed by atoms with Gasteiger partial charge in [0, 0.05) is 33.7 Å². The number of esters is 1. The van der Waals surface area contributed by atoms with Gasteiger partial charge in [0.1, 0.15) is 17.9 Å². The van der Waals surface area contributed by atoms with Gasteiger partial charge in [-0.3, -0.25) is 4.79 Å². The molecule has 0 aliphatic rings. The van der Waals surface area contributed by atoms with Crippen LogP contribution in [-0.2, 0) is 16.1 Å². The number of methoxy groups -OCH3 is 1. The fraction of sp³-hybridized carbons (Fsp3) is 0.200. The highest BCUT2D eigenvalue weighted by atomic mass is 32.2. The summed E-state index contributed by atoms with van der Waals surface area (Å²) in [4.78, 5) is 24.8. The van der Waals surface area contributed by atoms with Crippen molar-refractivity contribution < 1.29 is 18.7 Å². The third-order valence-corrected chi connectivity index (χ3v) is 4.76. The number of ether oxygens (including phenoxy) is 2. The molecule has 2 aromatic carbocycles. The average molecular weight is 370 g/mol. The quantitative estimate of drug-likeness (QED) is 0.355. The number of carbonyl (C=O) groups is 1. The minimum Gasteiger partial charge on any atom is -0.497 e. The zero-order valence-corrected chi connectivity index (χ0v) is 15.1. The van der Waals surface area contributed by atoms with E-state index in [9.17, 15) is 9.59 Å². The molecule has 0 N–H and O–H groups in total. The molecule has 0 amide bonds. The van der Waals surface area contributed by atoms with Crippen LogP contribution in [0, 0.1) is 0 Å². The second-order valence-corrected chi connectivity index (χ2v) is 6.69. The molecule has 0 aliphatic carbocycles. The summed E-state index contributed by atoms with van der Waals surface area (Å²) in [6.45, 7) is 0.0310. The summed E-state index contributed by atoms with van der Waals surface area (Å²) < 4.78 is 15.6. The summed E-state index contributed by atoms with van der Waals surface area (Å²) in [6, 6.07) is 16.4. The Morgan fingerprint density at radius 3 is 2.69 bits per heavy atom. The Balaban J connectivity index is 1.60. The summed E-state index contributed by atoms with van der Waals surface area (Å²) in [7, 11) is 1.54. The van der Waals surface area contributed by atoms with Gasteiger partial charge in [0.2, 0.25) is 0 Å². The molecule has 1 aromatic heterocycles. The van der Waals surface area contributed by atoms with Gasteiger partial charge in [-0.05, 0) is 24.3 Å². The van der Waals surface area contributed by atoms with Gasteiger partial charge in [-0.15, -0.1) is 11.8 Å². The summed E-state index contributed by atoms with van der Waals surface area (Å²) in [6.07, 6.45) is 0.298. The lowest BCUT2D eigenvalue weighted by atomic mass is 10.1. The van der Waals surface area contributed by atoms with Gasteiger partial charge in [-0.2, -0.15) is 0 Å². The van der Waals surface area contributed by atoms with Crippen molar-refractivity contribution in [3.8, 4) is 5.75 Å². The van der Waals surface area contributed by atoms with Crippen molar-refractivity contribution in [1.82, 2.24) is 0 Å². The third-order valence-electron chi connectivity index (χ3n) is 3.74. The molecule has 0 radical (unpaired) electrons. The lowest BCUT2D eigenvalue weighted by Crippen LogP contribution is -2.08. The van der Waals surface area contributed by atoms with Crippen LogP contribution in [0.5, 0.6) is 5.75 Å². The molecule has 3 rings (SSSR count). The first-order valence-electron chi connectivity index (χ1n) is 8.10. The van der Waals surface area contributed by atoms with E-state index in [1.54, 1.807) is 37.1 Å². The molecule has 0 saturated heterocycles. The molecule has 0 atom stereocenters. The first-order chi connectivity index (χ1) is 12.7. The highest BCUT2D eigenvalue weighted by Gasteiger charge is 2.10. The van der Waals surface area contributed by atoms with Gasteiger partial charge in [-0.1, -0.05) is 18.2 Å². The minimum absolute atomic E-state index is 0.0310. The van der Waals surface area contributed by atoms with Crippen LogP contribution in [0.4, 0.5) is 0 Å². The Morgan fingerprint density at radius 2 is 1.92 bits per heavy atom. The van der Waals surface area contributed by atoms with E-state index in [4.69, 9.17) is 13.9 Å². The lowest BCUT2D eigenvalue weighted by molar-refractivity contribution is -0.144. The molecular formula is C20H18O5S. The first kappa shape index (κ1) is 18.1. The van der Waals surface area contributed by atoms with Crippen molar-refractivity contribution in [1.29, 1.82) is 0 Å². The topological polar surface area (TPSA) is 65.7 Å². The van der Waals surface area contributed by atoms with E-state index in [1.165, 1.54) is 6.07 Å². The molecule has 0 unspecified atom stereocenters. The van der Waals surface area contributed by atoms with Crippen LogP contribution in [0.3, 0.4) is 0 Å². The fourth-order valence-electron chi connectivity index (χ4n) is 2.46. The van der Waals surface area contributed by atoms with Gasteiger partial charge in [0.05, 0.1) is 13.5 Å². The number of hydrogen-bond acceptors (Lipinski definition) is 6. The highest BCUT2D eigenvalue weighted by Crippen LogP contribution is 2.23. The van der Waals surface area contributed by atoms with Gasteiger partial charge < -0.3 is 13.9 Å². The molecule has 0 aliphatic heterocycles. The van der Waals surface area contributed by atoms with Gasteiger partial charge in [0.15, 0.2) is 0 Å². The van der Waals surface area contributed by atoms with E-state index in [2.05, 4.69) is 0 Å². The number of hydrogen-bond donors (Lipinski definition) is 0. The molecular weight excluding hydrogens is 352 g/mol. The predicted molar refractivity (Wildman–Crippen MR) is 101 cm³/mol. The monoisotopic (exact) mass is 370 g/mol. The largest absolute Gasteiger partial charge is 0.497 e. The number of thioether (sulfide) groups is 1. The summed E-state index contributed by atoms with van der Waals surface area (Å²) in [5, 5.41) is 0.719. The molecule has 0 spiro atoms. The molecule has 0 saturated carbocycles. The predicted octanol–water partition coefficient (Wildman–Crippen LogP) is 4.03. The first-order valence-corrected chi connectivity index (χ1v) is 9.08. The van der Waals surface area contributed by atoms with Crippen molar-refractivity contribution >= 4 is 28.7 Å². The Morgan fingerprint density at radius 1 is 1.12 bits per heavy atom. The van der Waals surface area contributed by atoms with Crippen molar-refractivity contribution in [3.63, 3.8) is 0 Å². The van der Waals surface area contributed by atoms with Gasteiger partial charge in [-0.25, -0.2) is 4.79 Å². The van der Waals surface area contributed by atoms with Crippen LogP contribution < -0.4 is 10.4 Å². The number of carbonyl (C=O) groups excluding carboxylic acids is 1. The van der Waals surface area contributed by atoms with Crippen LogP contribution in [0.15, 0.2) is 68.7 Å². The maximum atomic E-state index is 12.0. The normalized spacial score (nSPS) is 10.7. The Bertz CT molecular complexity index is 949. The molecule has 1 heterocycles. The van der Waals surface area contributed by atoms with Crippen molar-refractivity contribution in [3.05, 3.63) is 70.6 Å². The number of fused-ring (bicyclic) bond motifs is 1. The molecule has 26 heavy (non-hydrogen) atoms. The SMILES string of the molecule is COc1ccc2c(COC(=O)CCSc3ccccc3)cc(=O)oc2c1. The minimum atomic E-state index is -0.489. The van der Waals surface area contributed by atoms with Crippen LogP contribution in [0.25, 0.3) is 11.0 Å². The Labute approximate surface area is 154 Å². The molecule has 3 aromatic rings. The fourth-order valence-corrected chi connectivity index (χ4v) is 3.31. The van der Waals surface area contributed by atoms with Crippen LogP contribution >= 0.6 is 11.8 Å². The summed E-state index contributed by atoms with van der Waals surface area (Å²) in [5.41, 5.74) is 0.530. The lowest BCUT2D eigenvalue weighted by Gasteiger charge is -2.08. The average Bonchev–Trinajstić information content (AvgIpc) is 2.66. The van der Waals surface area contributed by atoms with E-state index in [1.807, 2.05) is 30.3 Å². The summed E-state index contributed by atoms with van der Waals surface area (Å²) >= 11 is 1.60. The van der Waals surface area contributed by atoms with E-state index >= 15 is 0 Å². The standard InChI is InChI=1S/C20H18O5S/c1-23-15-7-8-17-14(11-20(22)25-18(17)12-15)13-24-19(21)9-10-26-16-5-3-2-4-6-16/h2-8,11-12H,9-10,13H2,1H3. The number of rotatable bonds is 7. The van der Waals surface area contributed by atoms with Crippen molar-refractivity contribution in [2.24, 2.45) is 0 Å². The third kappa shape index (κ3) is 4.67. The van der Waals surface area contributed by atoms with E-state index in [0.717, 1.165) is 10.3 Å². The number of benzene rings is 2. The molecule has 5 nitrogen and oxygen atoms in total. The maximum absolute atomic E-state index is 12.0. The van der Waals surface area contributed by atoms with E-state index in [-0.39, 0.29) is 12.6 Å². The zero-order chi connectivity index (χ0) is 18.4. The zero-order valence-electron chi connectivity index (χ0n) is 14.3. The van der Waals surface area contributed by atoms with E-state index < -0.39 is 5.63 Å². The van der Waals surface area contributed by atoms with Crippen molar-refractivity contribution in [2.45, 2.75) is 17.9 Å². The van der Waals surface area contributed by atoms with Crippen LogP contribution in [-0.4, -0.2) is 18.8 Å².